The molecule has 16 heavy (non-hydrogen) atoms. The van der Waals surface area contributed by atoms with Crippen LogP contribution in [0.4, 0.5) is 0 Å². The second-order valence-corrected chi connectivity index (χ2v) is 5.25. The number of aromatic amines is 1. The Bertz CT molecular complexity index is 378. The van der Waals surface area contributed by atoms with E-state index in [1.165, 1.54) is 0 Å². The van der Waals surface area contributed by atoms with Gasteiger partial charge in [0, 0.05) is 23.7 Å². The molecule has 1 N–H and O–H groups in total. The SMILES string of the molecule is O=C(c1ccn[nH]1)N1C2CCC1CC(Cl)C2. The summed E-state index contributed by atoms with van der Waals surface area (Å²) < 4.78 is 0. The molecule has 2 unspecified atom stereocenters. The highest BCUT2D eigenvalue weighted by atomic mass is 35.5. The lowest BCUT2D eigenvalue weighted by atomic mass is 10.0. The summed E-state index contributed by atoms with van der Waals surface area (Å²) in [6, 6.07) is 2.39. The fourth-order valence-corrected chi connectivity index (χ4v) is 3.37. The summed E-state index contributed by atoms with van der Waals surface area (Å²) in [5.74, 6) is 0.0774. The number of amides is 1. The minimum atomic E-state index is 0.0774. The van der Waals surface area contributed by atoms with Crippen LogP contribution < -0.4 is 0 Å². The number of hydrogen-bond donors (Lipinski definition) is 1. The summed E-state index contributed by atoms with van der Waals surface area (Å²) in [6.45, 7) is 0. The Labute approximate surface area is 99.0 Å². The van der Waals surface area contributed by atoms with Crippen molar-refractivity contribution < 1.29 is 4.79 Å². The van der Waals surface area contributed by atoms with Crippen molar-refractivity contribution in [3.8, 4) is 0 Å². The number of alkyl halides is 1. The normalized spacial score (nSPS) is 33.1. The summed E-state index contributed by atoms with van der Waals surface area (Å²) in [7, 11) is 0. The topological polar surface area (TPSA) is 49.0 Å². The lowest BCUT2D eigenvalue weighted by molar-refractivity contribution is 0.0593. The number of halogens is 1. The first-order valence-electron chi connectivity index (χ1n) is 5.72. The van der Waals surface area contributed by atoms with Gasteiger partial charge in [0.2, 0.25) is 0 Å². The zero-order chi connectivity index (χ0) is 11.1. The molecule has 3 rings (SSSR count). The Morgan fingerprint density at radius 3 is 2.69 bits per heavy atom. The third kappa shape index (κ3) is 1.52. The van der Waals surface area contributed by atoms with Gasteiger partial charge < -0.3 is 4.90 Å². The summed E-state index contributed by atoms with van der Waals surface area (Å²) in [5, 5.41) is 6.80. The van der Waals surface area contributed by atoms with Crippen LogP contribution in [0.2, 0.25) is 0 Å². The summed E-state index contributed by atoms with van der Waals surface area (Å²) in [4.78, 5) is 14.2. The molecule has 86 valence electrons. The predicted molar refractivity (Wildman–Crippen MR) is 60.4 cm³/mol. The Morgan fingerprint density at radius 2 is 2.12 bits per heavy atom. The number of rotatable bonds is 1. The molecule has 1 aromatic rings. The van der Waals surface area contributed by atoms with Crippen molar-refractivity contribution in [2.75, 3.05) is 0 Å². The van der Waals surface area contributed by atoms with Gasteiger partial charge >= 0.3 is 0 Å². The molecule has 5 heteroatoms. The van der Waals surface area contributed by atoms with E-state index in [0.717, 1.165) is 25.7 Å². The molecule has 2 fully saturated rings. The van der Waals surface area contributed by atoms with Crippen LogP contribution in [0.1, 0.15) is 36.2 Å². The molecule has 0 aliphatic carbocycles. The Morgan fingerprint density at radius 1 is 1.44 bits per heavy atom. The van der Waals surface area contributed by atoms with Crippen molar-refractivity contribution in [2.24, 2.45) is 0 Å². The van der Waals surface area contributed by atoms with Crippen molar-refractivity contribution >= 4 is 17.5 Å². The largest absolute Gasteiger partial charge is 0.331 e. The van der Waals surface area contributed by atoms with Crippen LogP contribution in [0, 0.1) is 0 Å². The van der Waals surface area contributed by atoms with Gasteiger partial charge in [-0.05, 0) is 31.7 Å². The number of nitrogens with zero attached hydrogens (tertiary/aromatic N) is 2. The molecule has 0 aromatic carbocycles. The lowest BCUT2D eigenvalue weighted by Crippen LogP contribution is -2.47. The van der Waals surface area contributed by atoms with Crippen molar-refractivity contribution in [2.45, 2.75) is 43.1 Å². The maximum Gasteiger partial charge on any atom is 0.272 e. The molecule has 1 amide bonds. The average molecular weight is 240 g/mol. The highest BCUT2D eigenvalue weighted by molar-refractivity contribution is 6.20. The summed E-state index contributed by atoms with van der Waals surface area (Å²) >= 11 is 6.18. The number of carbonyl (C=O) groups excluding carboxylic acids is 1. The predicted octanol–water partition coefficient (Wildman–Crippen LogP) is 1.78. The number of fused-ring (bicyclic) bond motifs is 2. The highest BCUT2D eigenvalue weighted by Gasteiger charge is 2.43. The minimum absolute atomic E-state index is 0.0774. The molecule has 1 aromatic heterocycles. The minimum Gasteiger partial charge on any atom is -0.331 e. The van der Waals surface area contributed by atoms with Crippen LogP contribution in [0.15, 0.2) is 12.3 Å². The van der Waals surface area contributed by atoms with Gasteiger partial charge in [0.15, 0.2) is 0 Å². The number of aromatic nitrogens is 2. The third-order valence-corrected chi connectivity index (χ3v) is 4.00. The average Bonchev–Trinajstić information content (AvgIpc) is 2.85. The van der Waals surface area contributed by atoms with Crippen molar-refractivity contribution in [3.05, 3.63) is 18.0 Å². The van der Waals surface area contributed by atoms with E-state index < -0.39 is 0 Å². The maximum atomic E-state index is 12.2. The molecule has 2 atom stereocenters. The van der Waals surface area contributed by atoms with Crippen LogP contribution in [-0.2, 0) is 0 Å². The van der Waals surface area contributed by atoms with Crippen molar-refractivity contribution in [3.63, 3.8) is 0 Å². The van der Waals surface area contributed by atoms with Gasteiger partial charge in [-0.2, -0.15) is 5.10 Å². The van der Waals surface area contributed by atoms with Gasteiger partial charge in [-0.1, -0.05) is 0 Å². The molecular weight excluding hydrogens is 226 g/mol. The third-order valence-electron chi connectivity index (χ3n) is 3.64. The maximum absolute atomic E-state index is 12.2. The molecule has 3 heterocycles. The monoisotopic (exact) mass is 239 g/mol. The summed E-state index contributed by atoms with van der Waals surface area (Å²) in [5.41, 5.74) is 0.588. The molecule has 2 aliphatic heterocycles. The first-order valence-corrected chi connectivity index (χ1v) is 6.15. The second kappa shape index (κ2) is 3.77. The highest BCUT2D eigenvalue weighted by Crippen LogP contribution is 2.38. The standard InChI is InChI=1S/C11H14ClN3O/c12-7-5-8-1-2-9(6-7)15(8)11(16)10-3-4-13-14-10/h3-4,7-9H,1-2,5-6H2,(H,13,14). The molecule has 2 bridgehead atoms. The number of nitrogens with one attached hydrogen (secondary N) is 1. The molecular formula is C11H14ClN3O. The molecule has 0 radical (unpaired) electrons. The van der Waals surface area contributed by atoms with E-state index in [-0.39, 0.29) is 11.3 Å². The fraction of sp³-hybridized carbons (Fsp3) is 0.636. The Balaban J connectivity index is 1.84. The van der Waals surface area contributed by atoms with Gasteiger partial charge in [-0.25, -0.2) is 0 Å². The van der Waals surface area contributed by atoms with E-state index in [2.05, 4.69) is 10.2 Å². The zero-order valence-electron chi connectivity index (χ0n) is 8.90. The van der Waals surface area contributed by atoms with E-state index in [1.54, 1.807) is 12.3 Å². The van der Waals surface area contributed by atoms with Crippen LogP contribution in [-0.4, -0.2) is 38.5 Å². The Kier molecular flexibility index (Phi) is 2.39. The van der Waals surface area contributed by atoms with E-state index in [0.29, 0.717) is 17.8 Å². The van der Waals surface area contributed by atoms with E-state index in [9.17, 15) is 4.79 Å². The van der Waals surface area contributed by atoms with Gasteiger partial charge in [0.05, 0.1) is 0 Å². The first-order chi connectivity index (χ1) is 7.75. The smallest absolute Gasteiger partial charge is 0.272 e. The number of carbonyl (C=O) groups is 1. The first kappa shape index (κ1) is 10.1. The zero-order valence-corrected chi connectivity index (χ0v) is 9.65. The van der Waals surface area contributed by atoms with Gasteiger partial charge in [0.25, 0.3) is 5.91 Å². The van der Waals surface area contributed by atoms with Crippen molar-refractivity contribution in [1.82, 2.24) is 15.1 Å². The van der Waals surface area contributed by atoms with Crippen LogP contribution in [0.3, 0.4) is 0 Å². The number of H-pyrrole nitrogens is 1. The lowest BCUT2D eigenvalue weighted by Gasteiger charge is -2.36. The molecule has 2 aliphatic rings. The van der Waals surface area contributed by atoms with E-state index in [4.69, 9.17) is 11.6 Å². The molecule has 2 saturated heterocycles. The summed E-state index contributed by atoms with van der Waals surface area (Å²) in [6.07, 6.45) is 5.65. The van der Waals surface area contributed by atoms with Crippen LogP contribution >= 0.6 is 11.6 Å². The molecule has 0 saturated carbocycles. The van der Waals surface area contributed by atoms with E-state index >= 15 is 0 Å². The van der Waals surface area contributed by atoms with Gasteiger partial charge in [-0.3, -0.25) is 9.89 Å². The molecule has 0 spiro atoms. The fourth-order valence-electron chi connectivity index (χ4n) is 2.96. The van der Waals surface area contributed by atoms with Gasteiger partial charge in [-0.15, -0.1) is 11.6 Å². The quantitative estimate of drug-likeness (QED) is 0.760. The molecule has 4 nitrogen and oxygen atoms in total. The van der Waals surface area contributed by atoms with Gasteiger partial charge in [0.1, 0.15) is 5.69 Å². The van der Waals surface area contributed by atoms with Crippen LogP contribution in [0.25, 0.3) is 0 Å². The second-order valence-electron chi connectivity index (χ2n) is 4.64. The number of piperidine rings is 1. The Hall–Kier alpha value is -1.03. The van der Waals surface area contributed by atoms with Crippen molar-refractivity contribution in [1.29, 1.82) is 0 Å². The van der Waals surface area contributed by atoms with Crippen LogP contribution in [0.5, 0.6) is 0 Å². The van der Waals surface area contributed by atoms with E-state index in [1.807, 2.05) is 4.90 Å². The number of hydrogen-bond acceptors (Lipinski definition) is 2.